The average molecular weight is 292 g/mol. The molecule has 0 aliphatic rings. The van der Waals surface area contributed by atoms with Crippen LogP contribution in [0.5, 0.6) is 5.75 Å². The predicted octanol–water partition coefficient (Wildman–Crippen LogP) is 3.24. The summed E-state index contributed by atoms with van der Waals surface area (Å²) in [7, 11) is 0. The van der Waals surface area contributed by atoms with Gasteiger partial charge in [0.2, 0.25) is 0 Å². The van der Waals surface area contributed by atoms with Crippen LogP contribution in [0.2, 0.25) is 0 Å². The third-order valence-electron chi connectivity index (χ3n) is 2.26. The maximum Gasteiger partial charge on any atom is 0.153 e. The number of hydrogen-bond donors (Lipinski definition) is 0. The minimum Gasteiger partial charge on any atom is -0.487 e. The van der Waals surface area contributed by atoms with Crippen molar-refractivity contribution in [3.05, 3.63) is 58.3 Å². The topological polar surface area (TPSA) is 39.2 Å². The van der Waals surface area contributed by atoms with Crippen LogP contribution in [-0.4, -0.2) is 11.3 Å². The standard InChI is InChI=1S/C13H10BrNO2/c14-12-3-1-2-11(8-16)13(12)17-9-10-4-6-15-7-5-10/h1-8H,9H2. The summed E-state index contributed by atoms with van der Waals surface area (Å²) in [6, 6.07) is 9.11. The van der Waals surface area contributed by atoms with Crippen LogP contribution in [0.4, 0.5) is 0 Å². The second kappa shape index (κ2) is 5.59. The summed E-state index contributed by atoms with van der Waals surface area (Å²) >= 11 is 3.37. The number of ether oxygens (including phenoxy) is 1. The molecule has 1 aromatic carbocycles. The van der Waals surface area contributed by atoms with Crippen LogP contribution < -0.4 is 4.74 Å². The zero-order chi connectivity index (χ0) is 12.1. The van der Waals surface area contributed by atoms with E-state index >= 15 is 0 Å². The molecule has 0 aliphatic carbocycles. The number of halogens is 1. The largest absolute Gasteiger partial charge is 0.487 e. The van der Waals surface area contributed by atoms with Crippen molar-refractivity contribution in [3.63, 3.8) is 0 Å². The predicted molar refractivity (Wildman–Crippen MR) is 68.1 cm³/mol. The highest BCUT2D eigenvalue weighted by Crippen LogP contribution is 2.28. The first-order valence-electron chi connectivity index (χ1n) is 5.06. The lowest BCUT2D eigenvalue weighted by Crippen LogP contribution is -1.99. The number of nitrogens with zero attached hydrogens (tertiary/aromatic N) is 1. The van der Waals surface area contributed by atoms with E-state index in [1.54, 1.807) is 24.5 Å². The molecule has 0 spiro atoms. The second-order valence-corrected chi connectivity index (χ2v) is 4.27. The molecule has 0 unspecified atom stereocenters. The Kier molecular flexibility index (Phi) is 3.88. The highest BCUT2D eigenvalue weighted by molar-refractivity contribution is 9.10. The summed E-state index contributed by atoms with van der Waals surface area (Å²) in [4.78, 5) is 14.8. The van der Waals surface area contributed by atoms with Crippen molar-refractivity contribution in [1.82, 2.24) is 4.98 Å². The Morgan fingerprint density at radius 3 is 2.71 bits per heavy atom. The highest BCUT2D eigenvalue weighted by Gasteiger charge is 2.07. The minimum atomic E-state index is 0.409. The van der Waals surface area contributed by atoms with Gasteiger partial charge in [-0.25, -0.2) is 0 Å². The molecule has 0 saturated carbocycles. The summed E-state index contributed by atoms with van der Waals surface area (Å²) in [6.45, 7) is 0.409. The molecule has 0 aliphatic heterocycles. The number of hydrogen-bond acceptors (Lipinski definition) is 3. The molecule has 4 heteroatoms. The molecule has 1 aromatic heterocycles. The van der Waals surface area contributed by atoms with Gasteiger partial charge in [0, 0.05) is 12.4 Å². The Hall–Kier alpha value is -1.68. The van der Waals surface area contributed by atoms with Crippen LogP contribution >= 0.6 is 15.9 Å². The fourth-order valence-electron chi connectivity index (χ4n) is 1.41. The number of pyridine rings is 1. The molecule has 0 radical (unpaired) electrons. The molecule has 0 atom stereocenters. The van der Waals surface area contributed by atoms with Gasteiger partial charge in [0.15, 0.2) is 6.29 Å². The van der Waals surface area contributed by atoms with Gasteiger partial charge in [-0.2, -0.15) is 0 Å². The summed E-state index contributed by atoms with van der Waals surface area (Å²) in [6.07, 6.45) is 4.20. The van der Waals surface area contributed by atoms with Crippen molar-refractivity contribution >= 4 is 22.2 Å². The number of aromatic nitrogens is 1. The lowest BCUT2D eigenvalue weighted by molar-refractivity contribution is 0.111. The van der Waals surface area contributed by atoms with E-state index in [1.165, 1.54) is 0 Å². The number of benzene rings is 1. The smallest absolute Gasteiger partial charge is 0.153 e. The van der Waals surface area contributed by atoms with Crippen molar-refractivity contribution in [2.24, 2.45) is 0 Å². The quantitative estimate of drug-likeness (QED) is 0.812. The first-order valence-corrected chi connectivity index (χ1v) is 5.86. The van der Waals surface area contributed by atoms with Crippen LogP contribution in [0.25, 0.3) is 0 Å². The molecule has 0 N–H and O–H groups in total. The van der Waals surface area contributed by atoms with Gasteiger partial charge in [0.25, 0.3) is 0 Å². The average Bonchev–Trinajstić information content (AvgIpc) is 2.38. The molecular weight excluding hydrogens is 282 g/mol. The number of carbonyl (C=O) groups excluding carboxylic acids is 1. The van der Waals surface area contributed by atoms with Crippen LogP contribution in [0.15, 0.2) is 47.2 Å². The Labute approximate surface area is 108 Å². The van der Waals surface area contributed by atoms with Gasteiger partial charge in [0.1, 0.15) is 12.4 Å². The summed E-state index contributed by atoms with van der Waals surface area (Å²) in [5, 5.41) is 0. The fourth-order valence-corrected chi connectivity index (χ4v) is 1.90. The van der Waals surface area contributed by atoms with Gasteiger partial charge in [0.05, 0.1) is 10.0 Å². The number of aldehydes is 1. The normalized spacial score (nSPS) is 9.94. The van der Waals surface area contributed by atoms with Crippen LogP contribution in [-0.2, 0) is 6.61 Å². The van der Waals surface area contributed by atoms with Crippen LogP contribution in [0.3, 0.4) is 0 Å². The molecular formula is C13H10BrNO2. The number of para-hydroxylation sites is 1. The van der Waals surface area contributed by atoms with E-state index in [0.29, 0.717) is 17.9 Å². The number of carbonyl (C=O) groups is 1. The number of rotatable bonds is 4. The van der Waals surface area contributed by atoms with E-state index in [9.17, 15) is 4.79 Å². The Balaban J connectivity index is 2.16. The van der Waals surface area contributed by atoms with Gasteiger partial charge in [-0.05, 0) is 45.8 Å². The van der Waals surface area contributed by atoms with Crippen molar-refractivity contribution in [2.45, 2.75) is 6.61 Å². The molecule has 17 heavy (non-hydrogen) atoms. The molecule has 0 saturated heterocycles. The zero-order valence-corrected chi connectivity index (χ0v) is 10.6. The molecule has 0 amide bonds. The third kappa shape index (κ3) is 2.91. The van der Waals surface area contributed by atoms with Crippen molar-refractivity contribution in [1.29, 1.82) is 0 Å². The van der Waals surface area contributed by atoms with Gasteiger partial charge in [-0.15, -0.1) is 0 Å². The maximum absolute atomic E-state index is 10.9. The molecule has 0 bridgehead atoms. The fraction of sp³-hybridized carbons (Fsp3) is 0.0769. The lowest BCUT2D eigenvalue weighted by Gasteiger charge is -2.10. The molecule has 2 rings (SSSR count). The minimum absolute atomic E-state index is 0.409. The summed E-state index contributed by atoms with van der Waals surface area (Å²) in [5.41, 5.74) is 1.54. The second-order valence-electron chi connectivity index (χ2n) is 3.42. The molecule has 1 heterocycles. The van der Waals surface area contributed by atoms with E-state index in [4.69, 9.17) is 4.74 Å². The van der Waals surface area contributed by atoms with E-state index in [2.05, 4.69) is 20.9 Å². The molecule has 2 aromatic rings. The molecule has 0 fully saturated rings. The third-order valence-corrected chi connectivity index (χ3v) is 2.88. The molecule has 86 valence electrons. The van der Waals surface area contributed by atoms with Gasteiger partial charge < -0.3 is 4.74 Å². The Morgan fingerprint density at radius 1 is 1.24 bits per heavy atom. The van der Waals surface area contributed by atoms with E-state index in [1.807, 2.05) is 18.2 Å². The Bertz CT molecular complexity index is 514. The van der Waals surface area contributed by atoms with Crippen molar-refractivity contribution < 1.29 is 9.53 Å². The Morgan fingerprint density at radius 2 is 2.00 bits per heavy atom. The zero-order valence-electron chi connectivity index (χ0n) is 8.97. The first-order chi connectivity index (χ1) is 8.31. The lowest BCUT2D eigenvalue weighted by atomic mass is 10.2. The maximum atomic E-state index is 10.9. The summed E-state index contributed by atoms with van der Waals surface area (Å²) < 4.78 is 6.41. The monoisotopic (exact) mass is 291 g/mol. The van der Waals surface area contributed by atoms with Crippen LogP contribution in [0, 0.1) is 0 Å². The molecule has 3 nitrogen and oxygen atoms in total. The van der Waals surface area contributed by atoms with Gasteiger partial charge >= 0.3 is 0 Å². The van der Waals surface area contributed by atoms with Crippen LogP contribution in [0.1, 0.15) is 15.9 Å². The van der Waals surface area contributed by atoms with Gasteiger partial charge in [-0.1, -0.05) is 6.07 Å². The van der Waals surface area contributed by atoms with Gasteiger partial charge in [-0.3, -0.25) is 9.78 Å². The van der Waals surface area contributed by atoms with E-state index in [0.717, 1.165) is 16.3 Å². The highest BCUT2D eigenvalue weighted by atomic mass is 79.9. The van der Waals surface area contributed by atoms with E-state index < -0.39 is 0 Å². The SMILES string of the molecule is O=Cc1cccc(Br)c1OCc1ccncc1. The van der Waals surface area contributed by atoms with E-state index in [-0.39, 0.29) is 0 Å². The van der Waals surface area contributed by atoms with Crippen molar-refractivity contribution in [2.75, 3.05) is 0 Å². The van der Waals surface area contributed by atoms with Crippen molar-refractivity contribution in [3.8, 4) is 5.75 Å². The first kappa shape index (κ1) is 11.8. The summed E-state index contributed by atoms with van der Waals surface area (Å²) in [5.74, 6) is 0.569.